The van der Waals surface area contributed by atoms with Crippen molar-refractivity contribution in [3.63, 3.8) is 0 Å². The van der Waals surface area contributed by atoms with Gasteiger partial charge in [-0.15, -0.1) is 0 Å². The molecule has 158 valence electrons. The Hall–Kier alpha value is -2.54. The number of hydrogen-bond acceptors (Lipinski definition) is 1. The quantitative estimate of drug-likeness (QED) is 0.393. The van der Waals surface area contributed by atoms with Gasteiger partial charge in [0.05, 0.1) is 0 Å². The lowest BCUT2D eigenvalue weighted by atomic mass is 10.3. The number of Topliss-reactive ketones (excluding diaryl/α,β-unsaturated/α-hetero) is 1. The average molecular weight is 491 g/mol. The molecule has 4 aromatic rings. The maximum absolute atomic E-state index is 12.5. The largest absolute Gasteiger partial charge is 1.00 e. The number of carbonyl (C=O) groups excluding carboxylic acids is 1. The van der Waals surface area contributed by atoms with Gasteiger partial charge in [0.15, 0.2) is 5.78 Å². The molecule has 0 saturated carbocycles. The first-order valence-electron chi connectivity index (χ1n) is 10.2. The molecule has 0 aliphatic heterocycles. The standard InChI is InChI=1S/C22H22OP.C6H6.BrH/c1-18(23)19(2)24(20-12-6-3-7-13-20,21-14-8-4-9-15-21)22-16-10-5-11-17-22;1-2-4-6-5-3-1;/h3-17,19H,1-2H3;1-6H;1H/q+1;;/p-1. The molecule has 0 heterocycles. The van der Waals surface area contributed by atoms with Crippen LogP contribution in [0.4, 0.5) is 0 Å². The van der Waals surface area contributed by atoms with Crippen LogP contribution in [-0.4, -0.2) is 11.4 Å². The van der Waals surface area contributed by atoms with E-state index < -0.39 is 7.26 Å². The van der Waals surface area contributed by atoms with E-state index in [1.807, 2.05) is 54.6 Å². The van der Waals surface area contributed by atoms with Crippen molar-refractivity contribution in [2.24, 2.45) is 0 Å². The SMILES string of the molecule is CC(=O)C(C)[P+](c1ccccc1)(c1ccccc1)c1ccccc1.[Br-].c1ccccc1. The Morgan fingerprint density at radius 3 is 1.00 bits per heavy atom. The summed E-state index contributed by atoms with van der Waals surface area (Å²) in [6, 6.07) is 43.6. The first-order chi connectivity index (χ1) is 14.7. The zero-order chi connectivity index (χ0) is 21.2. The van der Waals surface area contributed by atoms with Crippen molar-refractivity contribution in [2.75, 3.05) is 0 Å². The van der Waals surface area contributed by atoms with Crippen LogP contribution in [0.15, 0.2) is 127 Å². The highest BCUT2D eigenvalue weighted by Crippen LogP contribution is 2.59. The molecule has 0 N–H and O–H groups in total. The molecular formula is C28H28BrOP. The van der Waals surface area contributed by atoms with Crippen molar-refractivity contribution in [1.29, 1.82) is 0 Å². The number of ketones is 1. The summed E-state index contributed by atoms with van der Waals surface area (Å²) in [5.74, 6) is 0.236. The number of carbonyl (C=O) groups is 1. The van der Waals surface area contributed by atoms with E-state index >= 15 is 0 Å². The van der Waals surface area contributed by atoms with E-state index in [1.54, 1.807) is 6.92 Å². The molecule has 0 amide bonds. The highest BCUT2D eigenvalue weighted by Gasteiger charge is 2.52. The van der Waals surface area contributed by atoms with E-state index in [9.17, 15) is 4.79 Å². The van der Waals surface area contributed by atoms with Gasteiger partial charge in [0.2, 0.25) is 0 Å². The molecule has 1 atom stereocenters. The molecule has 0 aliphatic carbocycles. The highest BCUT2D eigenvalue weighted by atomic mass is 79.9. The third-order valence-electron chi connectivity index (χ3n) is 5.33. The summed E-state index contributed by atoms with van der Waals surface area (Å²) < 4.78 is 0. The number of halogens is 1. The van der Waals surface area contributed by atoms with Gasteiger partial charge in [-0.2, -0.15) is 0 Å². The van der Waals surface area contributed by atoms with Crippen LogP contribution in [-0.2, 0) is 4.79 Å². The fraction of sp³-hybridized carbons (Fsp3) is 0.107. The van der Waals surface area contributed by atoms with Crippen LogP contribution < -0.4 is 32.9 Å². The van der Waals surface area contributed by atoms with Crippen LogP contribution in [0.5, 0.6) is 0 Å². The van der Waals surface area contributed by atoms with Crippen molar-refractivity contribution in [3.8, 4) is 0 Å². The smallest absolute Gasteiger partial charge is 0.170 e. The van der Waals surface area contributed by atoms with Crippen molar-refractivity contribution in [1.82, 2.24) is 0 Å². The van der Waals surface area contributed by atoms with E-state index in [-0.39, 0.29) is 28.4 Å². The molecule has 0 bridgehead atoms. The summed E-state index contributed by atoms with van der Waals surface area (Å²) in [5.41, 5.74) is -0.0651. The van der Waals surface area contributed by atoms with Crippen LogP contribution >= 0.6 is 7.26 Å². The van der Waals surface area contributed by atoms with E-state index in [4.69, 9.17) is 0 Å². The normalized spacial score (nSPS) is 11.3. The molecule has 0 saturated heterocycles. The molecular weight excluding hydrogens is 463 g/mol. The van der Waals surface area contributed by atoms with Crippen LogP contribution in [0.25, 0.3) is 0 Å². The lowest BCUT2D eigenvalue weighted by molar-refractivity contribution is -0.116. The second-order valence-corrected chi connectivity index (χ2v) is 10.9. The van der Waals surface area contributed by atoms with Crippen LogP contribution in [0, 0.1) is 0 Å². The maximum atomic E-state index is 12.5. The van der Waals surface area contributed by atoms with Gasteiger partial charge in [-0.25, -0.2) is 0 Å². The molecule has 0 aromatic heterocycles. The summed E-state index contributed by atoms with van der Waals surface area (Å²) in [7, 11) is -2.05. The average Bonchev–Trinajstić information content (AvgIpc) is 2.83. The van der Waals surface area contributed by atoms with Crippen LogP contribution in [0.2, 0.25) is 0 Å². The Balaban J connectivity index is 0.000000422. The van der Waals surface area contributed by atoms with Crippen molar-refractivity contribution in [2.45, 2.75) is 19.5 Å². The first-order valence-corrected chi connectivity index (χ1v) is 12.1. The van der Waals surface area contributed by atoms with Gasteiger partial charge in [-0.05, 0) is 50.2 Å². The lowest BCUT2D eigenvalue weighted by Gasteiger charge is -2.31. The van der Waals surface area contributed by atoms with Gasteiger partial charge in [0, 0.05) is 0 Å². The van der Waals surface area contributed by atoms with E-state index in [1.165, 1.54) is 15.9 Å². The molecule has 3 heteroatoms. The fourth-order valence-corrected chi connectivity index (χ4v) is 8.47. The summed E-state index contributed by atoms with van der Waals surface area (Å²) in [6.45, 7) is 3.80. The minimum Gasteiger partial charge on any atom is -1.00 e. The van der Waals surface area contributed by atoms with Crippen molar-refractivity contribution < 1.29 is 21.8 Å². The van der Waals surface area contributed by atoms with E-state index in [2.05, 4.69) is 79.7 Å². The maximum Gasteiger partial charge on any atom is 0.170 e. The molecule has 4 aromatic carbocycles. The van der Waals surface area contributed by atoms with Gasteiger partial charge in [-0.3, -0.25) is 4.79 Å². The van der Waals surface area contributed by atoms with Crippen molar-refractivity contribution in [3.05, 3.63) is 127 Å². The van der Waals surface area contributed by atoms with Gasteiger partial charge in [-0.1, -0.05) is 91.0 Å². The summed E-state index contributed by atoms with van der Waals surface area (Å²) in [5, 5.41) is 3.76. The summed E-state index contributed by atoms with van der Waals surface area (Å²) in [6.07, 6.45) is 0. The minimum absolute atomic E-state index is 0. The minimum atomic E-state index is -2.05. The Morgan fingerprint density at radius 1 is 0.548 bits per heavy atom. The molecule has 1 nitrogen and oxygen atoms in total. The van der Waals surface area contributed by atoms with E-state index in [0.717, 1.165) is 0 Å². The Kier molecular flexibility index (Phi) is 9.85. The summed E-state index contributed by atoms with van der Waals surface area (Å²) >= 11 is 0. The van der Waals surface area contributed by atoms with Gasteiger partial charge < -0.3 is 17.0 Å². The topological polar surface area (TPSA) is 17.1 Å². The zero-order valence-electron chi connectivity index (χ0n) is 17.9. The lowest BCUT2D eigenvalue weighted by Crippen LogP contribution is -3.00. The predicted molar refractivity (Wildman–Crippen MR) is 132 cm³/mol. The van der Waals surface area contributed by atoms with Gasteiger partial charge in [0.25, 0.3) is 0 Å². The Labute approximate surface area is 197 Å². The third-order valence-corrected chi connectivity index (χ3v) is 10.2. The van der Waals surface area contributed by atoms with Gasteiger partial charge in [0.1, 0.15) is 28.8 Å². The number of rotatable bonds is 5. The molecule has 0 fully saturated rings. The predicted octanol–water partition coefficient (Wildman–Crippen LogP) is 2.65. The summed E-state index contributed by atoms with van der Waals surface area (Å²) in [4.78, 5) is 12.5. The van der Waals surface area contributed by atoms with Crippen LogP contribution in [0.1, 0.15) is 13.8 Å². The van der Waals surface area contributed by atoms with Crippen molar-refractivity contribution >= 4 is 29.0 Å². The molecule has 1 unspecified atom stereocenters. The number of hydrogen-bond donors (Lipinski definition) is 0. The Morgan fingerprint density at radius 2 is 0.774 bits per heavy atom. The van der Waals surface area contributed by atoms with Crippen LogP contribution in [0.3, 0.4) is 0 Å². The second-order valence-electron chi connectivity index (χ2n) is 7.17. The van der Waals surface area contributed by atoms with Gasteiger partial charge >= 0.3 is 0 Å². The first kappa shape index (κ1) is 24.7. The number of benzene rings is 4. The molecule has 0 radical (unpaired) electrons. The molecule has 4 rings (SSSR count). The Bertz CT molecular complexity index is 898. The fourth-order valence-electron chi connectivity index (χ4n) is 3.77. The monoisotopic (exact) mass is 490 g/mol. The molecule has 31 heavy (non-hydrogen) atoms. The third kappa shape index (κ3) is 5.79. The molecule has 0 spiro atoms. The molecule has 0 aliphatic rings. The highest BCUT2D eigenvalue weighted by molar-refractivity contribution is 7.96. The zero-order valence-corrected chi connectivity index (χ0v) is 20.4. The second kappa shape index (κ2) is 12.3. The van der Waals surface area contributed by atoms with E-state index in [0.29, 0.717) is 0 Å².